The zero-order chi connectivity index (χ0) is 16.4. The summed E-state index contributed by atoms with van der Waals surface area (Å²) >= 11 is 0. The van der Waals surface area contributed by atoms with Crippen molar-refractivity contribution in [3.8, 4) is 5.75 Å². The molecule has 0 radical (unpaired) electrons. The first-order valence-electron chi connectivity index (χ1n) is 7.67. The molecule has 1 aromatic rings. The first-order chi connectivity index (χ1) is 10.9. The van der Waals surface area contributed by atoms with Crippen LogP contribution in [0.25, 0.3) is 0 Å². The average Bonchev–Trinajstić information content (AvgIpc) is 3.19. The minimum atomic E-state index is -4.76. The van der Waals surface area contributed by atoms with Crippen LogP contribution in [0.5, 0.6) is 5.75 Å². The number of nitrogens with zero attached hydrogens (tertiary/aromatic N) is 1. The van der Waals surface area contributed by atoms with Gasteiger partial charge in [0.15, 0.2) is 0 Å². The Morgan fingerprint density at radius 3 is 2.70 bits per heavy atom. The smallest absolute Gasteiger partial charge is 0.406 e. The Morgan fingerprint density at radius 1 is 1.30 bits per heavy atom. The molecule has 1 heterocycles. The summed E-state index contributed by atoms with van der Waals surface area (Å²) in [4.78, 5) is 14.5. The fraction of sp³-hybridized carbons (Fsp3) is 0.562. The summed E-state index contributed by atoms with van der Waals surface area (Å²) in [7, 11) is 0. The van der Waals surface area contributed by atoms with Crippen LogP contribution in [0.3, 0.4) is 0 Å². The van der Waals surface area contributed by atoms with Gasteiger partial charge in [0, 0.05) is 30.7 Å². The largest absolute Gasteiger partial charge is 0.573 e. The first-order valence-corrected chi connectivity index (χ1v) is 7.67. The number of benzene rings is 1. The number of carbonyl (C=O) groups excluding carboxylic acids is 1. The summed E-state index contributed by atoms with van der Waals surface area (Å²) in [6.45, 7) is 1.92. The van der Waals surface area contributed by atoms with Crippen LogP contribution in [-0.2, 0) is 4.74 Å². The van der Waals surface area contributed by atoms with Gasteiger partial charge in [-0.2, -0.15) is 0 Å². The lowest BCUT2D eigenvalue weighted by molar-refractivity contribution is -0.274. The van der Waals surface area contributed by atoms with Crippen molar-refractivity contribution in [3.63, 3.8) is 0 Å². The van der Waals surface area contributed by atoms with Crippen molar-refractivity contribution in [1.82, 2.24) is 4.90 Å². The van der Waals surface area contributed by atoms with Crippen molar-refractivity contribution < 1.29 is 27.4 Å². The summed E-state index contributed by atoms with van der Waals surface area (Å²) in [6.07, 6.45) is -1.97. The first kappa shape index (κ1) is 16.1. The molecule has 1 atom stereocenters. The Balaban J connectivity index is 1.73. The van der Waals surface area contributed by atoms with E-state index < -0.39 is 6.36 Å². The van der Waals surface area contributed by atoms with E-state index >= 15 is 0 Å². The summed E-state index contributed by atoms with van der Waals surface area (Å²) in [5.74, 6) is -0.315. The third-order valence-corrected chi connectivity index (χ3v) is 4.04. The van der Waals surface area contributed by atoms with E-state index in [1.54, 1.807) is 4.90 Å². The molecule has 1 unspecified atom stereocenters. The number of halogens is 3. The summed E-state index contributed by atoms with van der Waals surface area (Å²) < 4.78 is 46.2. The molecule has 2 aliphatic rings. The van der Waals surface area contributed by atoms with E-state index in [2.05, 4.69) is 4.74 Å². The number of alkyl halides is 3. The molecule has 0 N–H and O–H groups in total. The SMILES string of the molecule is O=C(c1cccc(OC(F)(F)F)c1)N(CC1CCOC1)C1CC1. The maximum Gasteiger partial charge on any atom is 0.573 e. The Labute approximate surface area is 132 Å². The predicted molar refractivity (Wildman–Crippen MR) is 76.1 cm³/mol. The lowest BCUT2D eigenvalue weighted by Crippen LogP contribution is -2.37. The quantitative estimate of drug-likeness (QED) is 0.832. The van der Waals surface area contributed by atoms with Gasteiger partial charge in [0.05, 0.1) is 6.61 Å². The Morgan fingerprint density at radius 2 is 2.09 bits per heavy atom. The molecule has 23 heavy (non-hydrogen) atoms. The van der Waals surface area contributed by atoms with Gasteiger partial charge in [0.1, 0.15) is 5.75 Å². The van der Waals surface area contributed by atoms with E-state index in [0.29, 0.717) is 25.7 Å². The molecule has 2 fully saturated rings. The number of ether oxygens (including phenoxy) is 2. The highest BCUT2D eigenvalue weighted by Crippen LogP contribution is 2.31. The molecule has 0 spiro atoms. The lowest BCUT2D eigenvalue weighted by Gasteiger charge is -2.25. The molecule has 0 aromatic heterocycles. The van der Waals surface area contributed by atoms with Crippen molar-refractivity contribution in [1.29, 1.82) is 0 Å². The van der Waals surface area contributed by atoms with Gasteiger partial charge in [0.25, 0.3) is 5.91 Å². The van der Waals surface area contributed by atoms with E-state index in [1.807, 2.05) is 0 Å². The predicted octanol–water partition coefficient (Wildman–Crippen LogP) is 3.23. The van der Waals surface area contributed by atoms with Gasteiger partial charge in [-0.05, 0) is 37.5 Å². The van der Waals surface area contributed by atoms with E-state index in [9.17, 15) is 18.0 Å². The number of amides is 1. The van der Waals surface area contributed by atoms with Crippen molar-refractivity contribution in [2.45, 2.75) is 31.7 Å². The van der Waals surface area contributed by atoms with E-state index in [0.717, 1.165) is 25.3 Å². The third-order valence-electron chi connectivity index (χ3n) is 4.04. The highest BCUT2D eigenvalue weighted by atomic mass is 19.4. The van der Waals surface area contributed by atoms with Crippen LogP contribution in [0.15, 0.2) is 24.3 Å². The monoisotopic (exact) mass is 329 g/mol. The van der Waals surface area contributed by atoms with E-state index in [-0.39, 0.29) is 23.3 Å². The fourth-order valence-electron chi connectivity index (χ4n) is 2.78. The number of rotatable bonds is 5. The van der Waals surface area contributed by atoms with Crippen LogP contribution < -0.4 is 4.74 Å². The highest BCUT2D eigenvalue weighted by Gasteiger charge is 2.36. The molecular formula is C16H18F3NO3. The second-order valence-corrected chi connectivity index (χ2v) is 5.99. The van der Waals surface area contributed by atoms with Gasteiger partial charge in [-0.1, -0.05) is 6.07 Å². The maximum absolute atomic E-state index is 12.7. The zero-order valence-electron chi connectivity index (χ0n) is 12.5. The van der Waals surface area contributed by atoms with E-state index in [1.165, 1.54) is 18.2 Å². The fourth-order valence-corrected chi connectivity index (χ4v) is 2.78. The second-order valence-electron chi connectivity index (χ2n) is 5.99. The molecule has 0 bridgehead atoms. The van der Waals surface area contributed by atoms with Gasteiger partial charge >= 0.3 is 6.36 Å². The molecule has 3 rings (SSSR count). The van der Waals surface area contributed by atoms with Crippen LogP contribution in [0.4, 0.5) is 13.2 Å². The minimum Gasteiger partial charge on any atom is -0.406 e. The van der Waals surface area contributed by atoms with Crippen molar-refractivity contribution in [3.05, 3.63) is 29.8 Å². The molecule has 7 heteroatoms. The van der Waals surface area contributed by atoms with Crippen LogP contribution >= 0.6 is 0 Å². The number of hydrogen-bond acceptors (Lipinski definition) is 3. The topological polar surface area (TPSA) is 38.8 Å². The molecule has 126 valence electrons. The Hall–Kier alpha value is -1.76. The molecule has 4 nitrogen and oxygen atoms in total. The van der Waals surface area contributed by atoms with Crippen molar-refractivity contribution in [2.24, 2.45) is 5.92 Å². The Bertz CT molecular complexity index is 566. The standard InChI is InChI=1S/C16H18F3NO3/c17-16(18,19)23-14-3-1-2-12(8-14)15(21)20(13-4-5-13)9-11-6-7-22-10-11/h1-3,8,11,13H,4-7,9-10H2. The number of carbonyl (C=O) groups is 1. The van der Waals surface area contributed by atoms with Gasteiger partial charge in [0.2, 0.25) is 0 Å². The third kappa shape index (κ3) is 4.37. The minimum absolute atomic E-state index is 0.190. The summed E-state index contributed by atoms with van der Waals surface area (Å²) in [6, 6.07) is 5.45. The second kappa shape index (κ2) is 6.39. The molecular weight excluding hydrogens is 311 g/mol. The van der Waals surface area contributed by atoms with Crippen molar-refractivity contribution >= 4 is 5.91 Å². The number of hydrogen-bond donors (Lipinski definition) is 0. The molecule has 1 aliphatic heterocycles. The molecule has 1 saturated carbocycles. The molecule has 1 aromatic carbocycles. The molecule has 1 saturated heterocycles. The van der Waals surface area contributed by atoms with Gasteiger partial charge in [-0.15, -0.1) is 13.2 Å². The van der Waals surface area contributed by atoms with Crippen LogP contribution in [0, 0.1) is 5.92 Å². The Kier molecular flexibility index (Phi) is 4.48. The van der Waals surface area contributed by atoms with Crippen LogP contribution in [-0.4, -0.2) is 43.0 Å². The van der Waals surface area contributed by atoms with Gasteiger partial charge in [-0.25, -0.2) is 0 Å². The van der Waals surface area contributed by atoms with Crippen LogP contribution in [0.2, 0.25) is 0 Å². The molecule has 1 amide bonds. The van der Waals surface area contributed by atoms with Gasteiger partial charge < -0.3 is 14.4 Å². The summed E-state index contributed by atoms with van der Waals surface area (Å²) in [5, 5.41) is 0. The van der Waals surface area contributed by atoms with Crippen molar-refractivity contribution in [2.75, 3.05) is 19.8 Å². The highest BCUT2D eigenvalue weighted by molar-refractivity contribution is 5.95. The van der Waals surface area contributed by atoms with E-state index in [4.69, 9.17) is 4.74 Å². The average molecular weight is 329 g/mol. The van der Waals surface area contributed by atoms with Gasteiger partial charge in [-0.3, -0.25) is 4.79 Å². The normalized spacial score (nSPS) is 21.3. The zero-order valence-corrected chi connectivity index (χ0v) is 12.5. The maximum atomic E-state index is 12.7. The van der Waals surface area contributed by atoms with Crippen LogP contribution in [0.1, 0.15) is 29.6 Å². The molecule has 1 aliphatic carbocycles. The summed E-state index contributed by atoms with van der Waals surface area (Å²) in [5.41, 5.74) is 0.220. The lowest BCUT2D eigenvalue weighted by atomic mass is 10.1.